The molecule has 4 nitrogen and oxygen atoms in total. The van der Waals surface area contributed by atoms with Crippen molar-refractivity contribution >= 4 is 11.6 Å². The molecule has 1 heterocycles. The first-order chi connectivity index (χ1) is 15.1. The first-order valence-electron chi connectivity index (χ1n) is 10.9. The number of methoxy groups -OCH3 is 1. The van der Waals surface area contributed by atoms with Crippen molar-refractivity contribution in [2.24, 2.45) is 5.92 Å². The number of hydrogen-bond donors (Lipinski definition) is 1. The summed E-state index contributed by atoms with van der Waals surface area (Å²) in [6.45, 7) is 4.71. The Labute approximate surface area is 184 Å². The zero-order chi connectivity index (χ0) is 21.6. The van der Waals surface area contributed by atoms with Crippen LogP contribution in [0.3, 0.4) is 0 Å². The van der Waals surface area contributed by atoms with E-state index in [-0.39, 0.29) is 11.8 Å². The Bertz CT molecular complexity index is 1000. The second kappa shape index (κ2) is 9.80. The number of likely N-dealkylation sites (tertiary alicyclic amines) is 1. The van der Waals surface area contributed by atoms with Gasteiger partial charge < -0.3 is 10.1 Å². The maximum atomic E-state index is 13.2. The molecule has 2 unspecified atom stereocenters. The van der Waals surface area contributed by atoms with Crippen molar-refractivity contribution in [2.75, 3.05) is 25.5 Å². The highest BCUT2D eigenvalue weighted by Crippen LogP contribution is 2.32. The Hall–Kier alpha value is -3.11. The molecule has 1 aliphatic heterocycles. The van der Waals surface area contributed by atoms with Gasteiger partial charge in [0.1, 0.15) is 5.75 Å². The monoisotopic (exact) mass is 414 g/mol. The predicted octanol–water partition coefficient (Wildman–Crippen LogP) is 5.25. The van der Waals surface area contributed by atoms with Crippen LogP contribution in [-0.2, 0) is 11.3 Å². The molecule has 1 aliphatic rings. The largest absolute Gasteiger partial charge is 0.497 e. The van der Waals surface area contributed by atoms with Gasteiger partial charge in [-0.3, -0.25) is 9.69 Å². The van der Waals surface area contributed by atoms with Crippen LogP contribution in [-0.4, -0.2) is 31.0 Å². The highest BCUT2D eigenvalue weighted by atomic mass is 16.5. The topological polar surface area (TPSA) is 41.6 Å². The zero-order valence-corrected chi connectivity index (χ0v) is 18.3. The molecule has 0 spiro atoms. The molecule has 1 amide bonds. The van der Waals surface area contributed by atoms with Gasteiger partial charge in [0, 0.05) is 25.3 Å². The minimum atomic E-state index is -0.0647. The molecule has 2 atom stereocenters. The van der Waals surface area contributed by atoms with Gasteiger partial charge >= 0.3 is 0 Å². The molecule has 3 aromatic carbocycles. The SMILES string of the molecule is COc1ccc(NC(=O)C2CC(c3cccc(C)c3)CN(Cc3ccccc3)C2)cc1. The van der Waals surface area contributed by atoms with Gasteiger partial charge in [0.2, 0.25) is 5.91 Å². The number of aryl methyl sites for hydroxylation is 1. The number of nitrogens with one attached hydrogen (secondary N) is 1. The molecule has 0 aromatic heterocycles. The van der Waals surface area contributed by atoms with Crippen molar-refractivity contribution in [3.8, 4) is 5.75 Å². The van der Waals surface area contributed by atoms with Crippen LogP contribution in [0, 0.1) is 12.8 Å². The van der Waals surface area contributed by atoms with Gasteiger partial charge in [0.15, 0.2) is 0 Å². The fourth-order valence-electron chi connectivity index (χ4n) is 4.44. The van der Waals surface area contributed by atoms with E-state index >= 15 is 0 Å². The summed E-state index contributed by atoms with van der Waals surface area (Å²) in [5, 5.41) is 3.11. The van der Waals surface area contributed by atoms with E-state index in [9.17, 15) is 4.79 Å². The van der Waals surface area contributed by atoms with Gasteiger partial charge in [-0.05, 0) is 54.7 Å². The van der Waals surface area contributed by atoms with Crippen molar-refractivity contribution in [2.45, 2.75) is 25.8 Å². The molecule has 1 fully saturated rings. The minimum Gasteiger partial charge on any atom is -0.497 e. The van der Waals surface area contributed by atoms with Crippen LogP contribution < -0.4 is 10.1 Å². The third-order valence-electron chi connectivity index (χ3n) is 6.02. The molecule has 1 N–H and O–H groups in total. The van der Waals surface area contributed by atoms with Crippen molar-refractivity contribution in [1.29, 1.82) is 0 Å². The summed E-state index contributed by atoms with van der Waals surface area (Å²) in [5.74, 6) is 1.14. The number of carbonyl (C=O) groups is 1. The zero-order valence-electron chi connectivity index (χ0n) is 18.3. The average molecular weight is 415 g/mol. The Balaban J connectivity index is 1.52. The second-order valence-corrected chi connectivity index (χ2v) is 8.44. The second-order valence-electron chi connectivity index (χ2n) is 8.44. The third-order valence-corrected chi connectivity index (χ3v) is 6.02. The van der Waals surface area contributed by atoms with Gasteiger partial charge in [-0.1, -0.05) is 60.2 Å². The molecule has 1 saturated heterocycles. The first kappa shape index (κ1) is 21.1. The summed E-state index contributed by atoms with van der Waals surface area (Å²) in [6, 6.07) is 26.7. The highest BCUT2D eigenvalue weighted by Gasteiger charge is 2.32. The maximum Gasteiger partial charge on any atom is 0.228 e. The summed E-state index contributed by atoms with van der Waals surface area (Å²) >= 11 is 0. The van der Waals surface area contributed by atoms with E-state index in [4.69, 9.17) is 4.74 Å². The summed E-state index contributed by atoms with van der Waals surface area (Å²) < 4.78 is 5.21. The minimum absolute atomic E-state index is 0.0647. The maximum absolute atomic E-state index is 13.2. The number of nitrogens with zero attached hydrogens (tertiary/aromatic N) is 1. The third kappa shape index (κ3) is 5.53. The quantitative estimate of drug-likeness (QED) is 0.599. The van der Waals surface area contributed by atoms with E-state index in [0.29, 0.717) is 5.92 Å². The normalized spacial score (nSPS) is 19.0. The number of hydrogen-bond acceptors (Lipinski definition) is 3. The molecular weight excluding hydrogens is 384 g/mol. The van der Waals surface area contributed by atoms with Crippen LogP contribution in [0.4, 0.5) is 5.69 Å². The standard InChI is InChI=1S/C27H30N2O2/c1-20-7-6-10-22(15-20)23-16-24(19-29(18-23)17-21-8-4-3-5-9-21)27(30)28-25-11-13-26(31-2)14-12-25/h3-15,23-24H,16-19H2,1-2H3,(H,28,30). The van der Waals surface area contributed by atoms with Crippen LogP contribution in [0.1, 0.15) is 29.0 Å². The number of amides is 1. The fraction of sp³-hybridized carbons (Fsp3) is 0.296. The van der Waals surface area contributed by atoms with Crippen molar-refractivity contribution in [1.82, 2.24) is 4.90 Å². The van der Waals surface area contributed by atoms with Crippen molar-refractivity contribution < 1.29 is 9.53 Å². The number of piperidine rings is 1. The van der Waals surface area contributed by atoms with Crippen LogP contribution >= 0.6 is 0 Å². The predicted molar refractivity (Wildman–Crippen MR) is 125 cm³/mol. The summed E-state index contributed by atoms with van der Waals surface area (Å²) in [7, 11) is 1.64. The number of carbonyl (C=O) groups excluding carboxylic acids is 1. The lowest BCUT2D eigenvalue weighted by atomic mass is 9.83. The summed E-state index contributed by atoms with van der Waals surface area (Å²) in [5.41, 5.74) is 4.66. The molecule has 160 valence electrons. The van der Waals surface area contributed by atoms with Crippen molar-refractivity contribution in [3.63, 3.8) is 0 Å². The lowest BCUT2D eigenvalue weighted by Crippen LogP contribution is -2.43. The Morgan fingerprint density at radius 2 is 1.77 bits per heavy atom. The molecule has 3 aromatic rings. The summed E-state index contributed by atoms with van der Waals surface area (Å²) in [6.07, 6.45) is 0.858. The van der Waals surface area contributed by atoms with Crippen LogP contribution in [0.15, 0.2) is 78.9 Å². The number of ether oxygens (including phenoxy) is 1. The number of anilines is 1. The van der Waals surface area contributed by atoms with E-state index in [1.165, 1.54) is 16.7 Å². The highest BCUT2D eigenvalue weighted by molar-refractivity contribution is 5.92. The van der Waals surface area contributed by atoms with E-state index in [2.05, 4.69) is 65.7 Å². The van der Waals surface area contributed by atoms with Crippen LogP contribution in [0.2, 0.25) is 0 Å². The Kier molecular flexibility index (Phi) is 6.68. The van der Waals surface area contributed by atoms with Gasteiger partial charge in [0.05, 0.1) is 13.0 Å². The Morgan fingerprint density at radius 3 is 2.48 bits per heavy atom. The molecule has 0 saturated carbocycles. The van der Waals surface area contributed by atoms with Gasteiger partial charge in [-0.25, -0.2) is 0 Å². The lowest BCUT2D eigenvalue weighted by Gasteiger charge is -2.37. The first-order valence-corrected chi connectivity index (χ1v) is 10.9. The van der Waals surface area contributed by atoms with E-state index in [1.807, 2.05) is 30.3 Å². The van der Waals surface area contributed by atoms with E-state index in [0.717, 1.165) is 37.5 Å². The molecule has 4 heteroatoms. The van der Waals surface area contributed by atoms with Crippen LogP contribution in [0.25, 0.3) is 0 Å². The molecule has 31 heavy (non-hydrogen) atoms. The van der Waals surface area contributed by atoms with E-state index in [1.54, 1.807) is 7.11 Å². The lowest BCUT2D eigenvalue weighted by molar-refractivity contribution is -0.121. The van der Waals surface area contributed by atoms with Gasteiger partial charge in [-0.15, -0.1) is 0 Å². The molecule has 0 radical (unpaired) electrons. The smallest absolute Gasteiger partial charge is 0.228 e. The van der Waals surface area contributed by atoms with E-state index < -0.39 is 0 Å². The number of rotatable bonds is 6. The van der Waals surface area contributed by atoms with Crippen LogP contribution in [0.5, 0.6) is 5.75 Å². The molecule has 4 rings (SSSR count). The number of benzene rings is 3. The van der Waals surface area contributed by atoms with Gasteiger partial charge in [0.25, 0.3) is 0 Å². The molecular formula is C27H30N2O2. The molecule has 0 bridgehead atoms. The fourth-order valence-corrected chi connectivity index (χ4v) is 4.44. The Morgan fingerprint density at radius 1 is 1.00 bits per heavy atom. The average Bonchev–Trinajstić information content (AvgIpc) is 2.80. The summed E-state index contributed by atoms with van der Waals surface area (Å²) in [4.78, 5) is 15.6. The van der Waals surface area contributed by atoms with Gasteiger partial charge in [-0.2, -0.15) is 0 Å². The molecule has 0 aliphatic carbocycles. The van der Waals surface area contributed by atoms with Crippen molar-refractivity contribution in [3.05, 3.63) is 95.6 Å².